The molecule has 0 bridgehead atoms. The molecule has 2 heterocycles. The summed E-state index contributed by atoms with van der Waals surface area (Å²) in [5.41, 5.74) is 2.72. The maximum atomic E-state index is 12.7. The first-order valence-corrected chi connectivity index (χ1v) is 8.95. The number of aromatic nitrogens is 1. The van der Waals surface area contributed by atoms with Crippen LogP contribution in [0.1, 0.15) is 35.8 Å². The number of anilines is 1. The molecule has 2 aromatic rings. The van der Waals surface area contributed by atoms with E-state index in [0.717, 1.165) is 38.4 Å². The summed E-state index contributed by atoms with van der Waals surface area (Å²) in [7, 11) is 0. The lowest BCUT2D eigenvalue weighted by molar-refractivity contribution is 0.0643. The summed E-state index contributed by atoms with van der Waals surface area (Å²) in [6, 6.07) is 12.3. The number of hydrogen-bond donors (Lipinski definition) is 1. The molecule has 1 amide bonds. The van der Waals surface area contributed by atoms with E-state index in [1.165, 1.54) is 5.56 Å². The van der Waals surface area contributed by atoms with Crippen molar-refractivity contribution < 1.29 is 4.79 Å². The van der Waals surface area contributed by atoms with E-state index in [1.807, 2.05) is 29.2 Å². The normalized spacial score (nSPS) is 16.5. The highest BCUT2D eigenvalue weighted by molar-refractivity contribution is 5.94. The molecule has 3 rings (SSSR count). The molecule has 5 heteroatoms. The Labute approximate surface area is 149 Å². The first kappa shape index (κ1) is 17.4. The van der Waals surface area contributed by atoms with Crippen LogP contribution in [0.5, 0.6) is 0 Å². The zero-order valence-electron chi connectivity index (χ0n) is 15.0. The molecule has 5 nitrogen and oxygen atoms in total. The van der Waals surface area contributed by atoms with Crippen LogP contribution in [0.2, 0.25) is 0 Å². The first-order valence-electron chi connectivity index (χ1n) is 8.95. The standard InChI is InChI=1S/C20H26N4O/c1-3-23-9-11-24(12-10-23)20(25)18-13-19(15-21-14-18)22-16(2)17-7-5-4-6-8-17/h4-8,13-16,22H,3,9-12H2,1-2H3. The molecular weight excluding hydrogens is 312 g/mol. The number of likely N-dealkylation sites (N-methyl/N-ethyl adjacent to an activating group) is 1. The molecule has 1 N–H and O–H groups in total. The van der Waals surface area contributed by atoms with Crippen LogP contribution in [0.3, 0.4) is 0 Å². The monoisotopic (exact) mass is 338 g/mol. The predicted octanol–water partition coefficient (Wildman–Crippen LogP) is 3.03. The summed E-state index contributed by atoms with van der Waals surface area (Å²) in [6.45, 7) is 8.76. The number of piperazine rings is 1. The summed E-state index contributed by atoms with van der Waals surface area (Å²) < 4.78 is 0. The summed E-state index contributed by atoms with van der Waals surface area (Å²) in [4.78, 5) is 21.3. The fourth-order valence-electron chi connectivity index (χ4n) is 3.16. The number of benzene rings is 1. The second kappa shape index (κ2) is 8.12. The number of rotatable bonds is 5. The van der Waals surface area contributed by atoms with Crippen LogP contribution in [-0.4, -0.2) is 53.4 Å². The lowest BCUT2D eigenvalue weighted by Gasteiger charge is -2.34. The van der Waals surface area contributed by atoms with Gasteiger partial charge < -0.3 is 15.1 Å². The van der Waals surface area contributed by atoms with Gasteiger partial charge in [-0.3, -0.25) is 9.78 Å². The van der Waals surface area contributed by atoms with E-state index in [1.54, 1.807) is 12.4 Å². The average Bonchev–Trinajstić information content (AvgIpc) is 2.68. The van der Waals surface area contributed by atoms with E-state index in [2.05, 4.69) is 41.2 Å². The Kier molecular flexibility index (Phi) is 5.66. The average molecular weight is 338 g/mol. The quantitative estimate of drug-likeness (QED) is 0.910. The highest BCUT2D eigenvalue weighted by atomic mass is 16.2. The van der Waals surface area contributed by atoms with Crippen LogP contribution >= 0.6 is 0 Å². The zero-order chi connectivity index (χ0) is 17.6. The lowest BCUT2D eigenvalue weighted by Crippen LogP contribution is -2.48. The minimum Gasteiger partial charge on any atom is -0.377 e. The van der Waals surface area contributed by atoms with Crippen LogP contribution in [0, 0.1) is 0 Å². The Balaban J connectivity index is 1.66. The summed E-state index contributed by atoms with van der Waals surface area (Å²) >= 11 is 0. The lowest BCUT2D eigenvalue weighted by atomic mass is 10.1. The number of carbonyl (C=O) groups is 1. The molecule has 1 aliphatic heterocycles. The molecule has 1 saturated heterocycles. The van der Waals surface area contributed by atoms with Gasteiger partial charge in [0.15, 0.2) is 0 Å². The summed E-state index contributed by atoms with van der Waals surface area (Å²) in [5, 5.41) is 3.43. The van der Waals surface area contributed by atoms with Gasteiger partial charge in [-0.15, -0.1) is 0 Å². The van der Waals surface area contributed by atoms with E-state index in [4.69, 9.17) is 0 Å². The smallest absolute Gasteiger partial charge is 0.255 e. The van der Waals surface area contributed by atoms with E-state index in [9.17, 15) is 4.79 Å². The minimum absolute atomic E-state index is 0.0688. The number of pyridine rings is 1. The number of nitrogens with one attached hydrogen (secondary N) is 1. The molecule has 132 valence electrons. The second-order valence-corrected chi connectivity index (χ2v) is 6.47. The summed E-state index contributed by atoms with van der Waals surface area (Å²) in [5.74, 6) is 0.0688. The molecule has 1 aliphatic rings. The van der Waals surface area contributed by atoms with Crippen molar-refractivity contribution in [1.29, 1.82) is 0 Å². The number of hydrogen-bond acceptors (Lipinski definition) is 4. The van der Waals surface area contributed by atoms with Gasteiger partial charge in [-0.1, -0.05) is 37.3 Å². The Bertz CT molecular complexity index is 696. The molecular formula is C20H26N4O. The molecule has 25 heavy (non-hydrogen) atoms. The molecule has 0 radical (unpaired) electrons. The fourth-order valence-corrected chi connectivity index (χ4v) is 3.16. The summed E-state index contributed by atoms with van der Waals surface area (Å²) in [6.07, 6.45) is 3.43. The van der Waals surface area contributed by atoms with Gasteiger partial charge in [-0.25, -0.2) is 0 Å². The van der Waals surface area contributed by atoms with Crippen LogP contribution in [-0.2, 0) is 0 Å². The van der Waals surface area contributed by atoms with Crippen molar-refractivity contribution in [2.24, 2.45) is 0 Å². The first-order chi connectivity index (χ1) is 12.2. The Morgan fingerprint density at radius 1 is 1.16 bits per heavy atom. The number of nitrogens with zero attached hydrogens (tertiary/aromatic N) is 3. The van der Waals surface area contributed by atoms with Crippen LogP contribution in [0.4, 0.5) is 5.69 Å². The van der Waals surface area contributed by atoms with Crippen LogP contribution in [0.25, 0.3) is 0 Å². The Hall–Kier alpha value is -2.40. The molecule has 1 atom stereocenters. The van der Waals surface area contributed by atoms with Crippen molar-refractivity contribution >= 4 is 11.6 Å². The van der Waals surface area contributed by atoms with Gasteiger partial charge in [0, 0.05) is 44.6 Å². The van der Waals surface area contributed by atoms with Crippen molar-refractivity contribution in [3.63, 3.8) is 0 Å². The van der Waals surface area contributed by atoms with Gasteiger partial charge in [-0.05, 0) is 25.1 Å². The Morgan fingerprint density at radius 3 is 2.56 bits per heavy atom. The molecule has 0 saturated carbocycles. The van der Waals surface area contributed by atoms with Crippen LogP contribution in [0.15, 0.2) is 48.8 Å². The third-order valence-electron chi connectivity index (χ3n) is 4.77. The largest absolute Gasteiger partial charge is 0.377 e. The Morgan fingerprint density at radius 2 is 1.88 bits per heavy atom. The molecule has 0 spiro atoms. The molecule has 0 aliphatic carbocycles. The SMILES string of the molecule is CCN1CCN(C(=O)c2cncc(NC(C)c3ccccc3)c2)CC1. The van der Waals surface area contributed by atoms with Gasteiger partial charge in [-0.2, -0.15) is 0 Å². The molecule has 1 aromatic heterocycles. The van der Waals surface area contributed by atoms with Crippen molar-refractivity contribution in [2.75, 3.05) is 38.0 Å². The van der Waals surface area contributed by atoms with E-state index in [0.29, 0.717) is 5.56 Å². The third kappa shape index (κ3) is 4.37. The molecule has 1 aromatic carbocycles. The minimum atomic E-state index is 0.0688. The van der Waals surface area contributed by atoms with Gasteiger partial charge in [0.25, 0.3) is 5.91 Å². The van der Waals surface area contributed by atoms with E-state index in [-0.39, 0.29) is 11.9 Å². The van der Waals surface area contributed by atoms with Crippen molar-refractivity contribution in [1.82, 2.24) is 14.8 Å². The van der Waals surface area contributed by atoms with Crippen molar-refractivity contribution in [3.05, 3.63) is 59.9 Å². The third-order valence-corrected chi connectivity index (χ3v) is 4.77. The van der Waals surface area contributed by atoms with Crippen molar-refractivity contribution in [2.45, 2.75) is 19.9 Å². The molecule has 1 fully saturated rings. The van der Waals surface area contributed by atoms with Crippen molar-refractivity contribution in [3.8, 4) is 0 Å². The maximum Gasteiger partial charge on any atom is 0.255 e. The van der Waals surface area contributed by atoms with Crippen LogP contribution < -0.4 is 5.32 Å². The fraction of sp³-hybridized carbons (Fsp3) is 0.400. The van der Waals surface area contributed by atoms with Gasteiger partial charge in [0.05, 0.1) is 11.3 Å². The zero-order valence-corrected chi connectivity index (χ0v) is 15.0. The molecule has 1 unspecified atom stereocenters. The number of amides is 1. The predicted molar refractivity (Wildman–Crippen MR) is 101 cm³/mol. The van der Waals surface area contributed by atoms with Gasteiger partial charge in [0.1, 0.15) is 0 Å². The topological polar surface area (TPSA) is 48.5 Å². The number of carbonyl (C=O) groups excluding carboxylic acids is 1. The van der Waals surface area contributed by atoms with Gasteiger partial charge >= 0.3 is 0 Å². The second-order valence-electron chi connectivity index (χ2n) is 6.47. The van der Waals surface area contributed by atoms with E-state index >= 15 is 0 Å². The maximum absolute atomic E-state index is 12.7. The van der Waals surface area contributed by atoms with E-state index < -0.39 is 0 Å². The highest BCUT2D eigenvalue weighted by Crippen LogP contribution is 2.20. The van der Waals surface area contributed by atoms with Gasteiger partial charge in [0.2, 0.25) is 0 Å². The highest BCUT2D eigenvalue weighted by Gasteiger charge is 2.21.